The number of rotatable bonds is 1. The Bertz CT molecular complexity index is 599. The molecule has 1 aromatic rings. The second-order valence-corrected chi connectivity index (χ2v) is 4.18. The van der Waals surface area contributed by atoms with Gasteiger partial charge in [0.2, 0.25) is 0 Å². The zero-order valence-corrected chi connectivity index (χ0v) is 9.34. The van der Waals surface area contributed by atoms with Crippen molar-refractivity contribution in [2.45, 2.75) is 0 Å². The van der Waals surface area contributed by atoms with E-state index in [0.717, 1.165) is 5.56 Å². The summed E-state index contributed by atoms with van der Waals surface area (Å²) in [4.78, 5) is 23.2. The van der Waals surface area contributed by atoms with Gasteiger partial charge in [-0.1, -0.05) is 23.7 Å². The van der Waals surface area contributed by atoms with Crippen LogP contribution in [0, 0.1) is 0 Å². The molecule has 5 heteroatoms. The summed E-state index contributed by atoms with van der Waals surface area (Å²) < 4.78 is 0. The van der Waals surface area contributed by atoms with Gasteiger partial charge in [-0.15, -0.1) is 0 Å². The Balaban J connectivity index is 2.14. The molecular weight excluding hydrogens is 240 g/mol. The van der Waals surface area contributed by atoms with Gasteiger partial charge in [-0.2, -0.15) is 0 Å². The minimum absolute atomic E-state index is 0.261. The average molecular weight is 247 g/mol. The van der Waals surface area contributed by atoms with Crippen LogP contribution in [-0.2, 0) is 9.59 Å². The van der Waals surface area contributed by atoms with Gasteiger partial charge < -0.3 is 10.6 Å². The largest absolute Gasteiger partial charge is 0.328 e. The van der Waals surface area contributed by atoms with Crippen LogP contribution in [0.1, 0.15) is 5.56 Å². The van der Waals surface area contributed by atoms with E-state index in [-0.39, 0.29) is 11.8 Å². The van der Waals surface area contributed by atoms with Crippen molar-refractivity contribution in [3.8, 4) is 0 Å². The number of hydrogen-bond acceptors (Lipinski definition) is 2. The molecule has 0 unspecified atom stereocenters. The van der Waals surface area contributed by atoms with E-state index in [2.05, 4.69) is 10.6 Å². The van der Waals surface area contributed by atoms with Crippen LogP contribution in [0.2, 0.25) is 5.02 Å². The smallest absolute Gasteiger partial charge is 0.258 e. The number of hydrogen-bond donors (Lipinski definition) is 2. The van der Waals surface area contributed by atoms with Gasteiger partial charge in [-0.25, -0.2) is 0 Å². The quantitative estimate of drug-likeness (QED) is 0.782. The molecule has 0 radical (unpaired) electrons. The van der Waals surface area contributed by atoms with Crippen LogP contribution in [0.3, 0.4) is 0 Å². The van der Waals surface area contributed by atoms with Crippen molar-refractivity contribution < 1.29 is 9.59 Å². The molecule has 0 fully saturated rings. The Morgan fingerprint density at radius 3 is 2.41 bits per heavy atom. The Hall–Kier alpha value is -2.07. The molecule has 0 saturated carbocycles. The summed E-state index contributed by atoms with van der Waals surface area (Å²) in [6.07, 6.45) is 1.43. The van der Waals surface area contributed by atoms with E-state index in [4.69, 9.17) is 11.6 Å². The van der Waals surface area contributed by atoms with Crippen molar-refractivity contribution in [1.82, 2.24) is 10.6 Å². The molecule has 4 nitrogen and oxygen atoms in total. The first-order valence-corrected chi connectivity index (χ1v) is 5.37. The molecule has 2 N–H and O–H groups in total. The highest BCUT2D eigenvalue weighted by molar-refractivity contribution is 6.30. The van der Waals surface area contributed by atoms with Crippen molar-refractivity contribution in [2.24, 2.45) is 0 Å². The maximum Gasteiger partial charge on any atom is 0.258 e. The lowest BCUT2D eigenvalue weighted by Crippen LogP contribution is -2.18. The second kappa shape index (κ2) is 3.46. The van der Waals surface area contributed by atoms with E-state index in [0.29, 0.717) is 21.9 Å². The van der Waals surface area contributed by atoms with Gasteiger partial charge >= 0.3 is 0 Å². The summed E-state index contributed by atoms with van der Waals surface area (Å²) in [5, 5.41) is 5.81. The fourth-order valence-corrected chi connectivity index (χ4v) is 2.03. The predicted molar refractivity (Wildman–Crippen MR) is 62.7 cm³/mol. The van der Waals surface area contributed by atoms with Gasteiger partial charge in [0, 0.05) is 11.2 Å². The maximum absolute atomic E-state index is 11.6. The van der Waals surface area contributed by atoms with Gasteiger partial charge in [-0.05, 0) is 17.7 Å². The molecule has 2 aliphatic heterocycles. The monoisotopic (exact) mass is 246 g/mol. The Labute approximate surface area is 102 Å². The van der Waals surface area contributed by atoms with E-state index in [1.165, 1.54) is 6.20 Å². The van der Waals surface area contributed by atoms with Crippen LogP contribution in [0.25, 0.3) is 5.70 Å². The van der Waals surface area contributed by atoms with Crippen molar-refractivity contribution in [2.75, 3.05) is 0 Å². The van der Waals surface area contributed by atoms with Gasteiger partial charge in [0.1, 0.15) is 0 Å². The molecule has 84 valence electrons. The van der Waals surface area contributed by atoms with Crippen LogP contribution < -0.4 is 10.6 Å². The maximum atomic E-state index is 11.6. The number of fused-ring (bicyclic) bond motifs is 1. The zero-order chi connectivity index (χ0) is 12.0. The molecule has 1 aromatic carbocycles. The zero-order valence-electron chi connectivity index (χ0n) is 8.58. The van der Waals surface area contributed by atoms with E-state index >= 15 is 0 Å². The highest BCUT2D eigenvalue weighted by Gasteiger charge is 2.35. The number of carbonyl (C=O) groups is 2. The molecule has 0 atom stereocenters. The first-order chi connectivity index (χ1) is 8.16. The SMILES string of the molecule is O=C1NC(c2ccc(Cl)cc2)=C2C(=O)NC=C12. The van der Waals surface area contributed by atoms with Crippen molar-refractivity contribution in [3.05, 3.63) is 52.2 Å². The van der Waals surface area contributed by atoms with Crippen LogP contribution in [0.4, 0.5) is 0 Å². The van der Waals surface area contributed by atoms with Gasteiger partial charge in [-0.3, -0.25) is 9.59 Å². The second-order valence-electron chi connectivity index (χ2n) is 3.74. The van der Waals surface area contributed by atoms with E-state index < -0.39 is 0 Å². The van der Waals surface area contributed by atoms with Crippen LogP contribution in [-0.4, -0.2) is 11.8 Å². The number of nitrogens with one attached hydrogen (secondary N) is 2. The highest BCUT2D eigenvalue weighted by Crippen LogP contribution is 2.31. The predicted octanol–water partition coefficient (Wildman–Crippen LogP) is 1.19. The third-order valence-corrected chi connectivity index (χ3v) is 2.96. The lowest BCUT2D eigenvalue weighted by Gasteiger charge is -2.04. The number of amides is 2. The molecule has 0 bridgehead atoms. The van der Waals surface area contributed by atoms with Gasteiger partial charge in [0.15, 0.2) is 0 Å². The minimum atomic E-state index is -0.261. The fourth-order valence-electron chi connectivity index (χ4n) is 1.91. The van der Waals surface area contributed by atoms with Crippen LogP contribution in [0.15, 0.2) is 41.6 Å². The molecule has 0 spiro atoms. The molecular formula is C12H7ClN2O2. The Morgan fingerprint density at radius 2 is 1.71 bits per heavy atom. The molecule has 0 saturated heterocycles. The van der Waals surface area contributed by atoms with E-state index in [1.807, 2.05) is 0 Å². The third-order valence-electron chi connectivity index (χ3n) is 2.71. The summed E-state index contributed by atoms with van der Waals surface area (Å²) in [5.41, 5.74) is 2.09. The fraction of sp³-hybridized carbons (Fsp3) is 0. The van der Waals surface area contributed by atoms with Crippen molar-refractivity contribution in [1.29, 1.82) is 0 Å². The van der Waals surface area contributed by atoms with Crippen molar-refractivity contribution >= 4 is 29.1 Å². The molecule has 3 rings (SSSR count). The first kappa shape index (κ1) is 10.1. The van der Waals surface area contributed by atoms with Crippen LogP contribution in [0.5, 0.6) is 0 Å². The topological polar surface area (TPSA) is 58.2 Å². The van der Waals surface area contributed by atoms with Crippen LogP contribution >= 0.6 is 11.6 Å². The van der Waals surface area contributed by atoms with E-state index in [9.17, 15) is 9.59 Å². The summed E-state index contributed by atoms with van der Waals surface area (Å²) >= 11 is 5.79. The molecule has 2 heterocycles. The third kappa shape index (κ3) is 1.45. The summed E-state index contributed by atoms with van der Waals surface area (Å²) in [5.74, 6) is -0.522. The number of halogens is 1. The molecule has 2 aliphatic rings. The molecule has 2 amide bonds. The lowest BCUT2D eigenvalue weighted by atomic mass is 10.1. The summed E-state index contributed by atoms with van der Waals surface area (Å²) in [6, 6.07) is 6.95. The number of benzene rings is 1. The molecule has 17 heavy (non-hydrogen) atoms. The minimum Gasteiger partial charge on any atom is -0.328 e. The highest BCUT2D eigenvalue weighted by atomic mass is 35.5. The Kier molecular flexibility index (Phi) is 2.06. The summed E-state index contributed by atoms with van der Waals surface area (Å²) in [6.45, 7) is 0. The standard InChI is InChI=1S/C12H7ClN2O2/c13-7-3-1-6(2-4-7)10-9-8(11(16)15-10)5-14-12(9)17/h1-5H,(H,14,17)(H,15,16). The molecule has 0 aromatic heterocycles. The Morgan fingerprint density at radius 1 is 1.00 bits per heavy atom. The lowest BCUT2D eigenvalue weighted by molar-refractivity contribution is -0.117. The van der Waals surface area contributed by atoms with E-state index in [1.54, 1.807) is 24.3 Å². The first-order valence-electron chi connectivity index (χ1n) is 5.00. The number of carbonyl (C=O) groups excluding carboxylic acids is 2. The summed E-state index contributed by atoms with van der Waals surface area (Å²) in [7, 11) is 0. The molecule has 0 aliphatic carbocycles. The van der Waals surface area contributed by atoms with Crippen molar-refractivity contribution in [3.63, 3.8) is 0 Å². The van der Waals surface area contributed by atoms with Gasteiger partial charge in [0.05, 0.1) is 16.8 Å². The normalized spacial score (nSPS) is 17.8. The average Bonchev–Trinajstić information content (AvgIpc) is 2.83. The van der Waals surface area contributed by atoms with Gasteiger partial charge in [0.25, 0.3) is 11.8 Å².